The maximum Gasteiger partial charge on any atom is 0.267 e. The van der Waals surface area contributed by atoms with E-state index in [-0.39, 0.29) is 11.5 Å². The molecule has 4 heterocycles. The number of thiocarbonyl (C=S) groups is 1. The topological polar surface area (TPSA) is 67.2 Å². The molecule has 0 spiro atoms. The average Bonchev–Trinajstić information content (AvgIpc) is 3.32. The number of methoxy groups -OCH3 is 1. The number of hydrogen-bond donors (Lipinski definition) is 0. The monoisotopic (exact) mass is 416 g/mol. The Kier molecular flexibility index (Phi) is 5.47. The molecule has 0 saturated carbocycles. The van der Waals surface area contributed by atoms with Crippen molar-refractivity contribution in [2.45, 2.75) is 12.8 Å². The van der Waals surface area contributed by atoms with Gasteiger partial charge in [0.05, 0.1) is 23.6 Å². The van der Waals surface area contributed by atoms with Crippen molar-refractivity contribution >= 4 is 51.7 Å². The molecule has 0 aromatic carbocycles. The number of rotatable bonds is 5. The largest absolute Gasteiger partial charge is 0.383 e. The summed E-state index contributed by atoms with van der Waals surface area (Å²) in [6, 6.07) is 5.46. The summed E-state index contributed by atoms with van der Waals surface area (Å²) in [6.45, 7) is 2.50. The average molecular weight is 417 g/mol. The predicted molar refractivity (Wildman–Crippen MR) is 115 cm³/mol. The van der Waals surface area contributed by atoms with Gasteiger partial charge in [-0.2, -0.15) is 0 Å². The van der Waals surface area contributed by atoms with E-state index in [1.165, 1.54) is 21.1 Å². The number of hydrogen-bond acceptors (Lipinski definition) is 7. The van der Waals surface area contributed by atoms with E-state index in [1.54, 1.807) is 25.4 Å². The molecule has 28 heavy (non-hydrogen) atoms. The molecular formula is C19H20N4O3S2. The molecule has 0 bridgehead atoms. The van der Waals surface area contributed by atoms with Crippen molar-refractivity contribution in [3.05, 3.63) is 45.2 Å². The zero-order valence-corrected chi connectivity index (χ0v) is 17.1. The number of thioether (sulfide) groups is 1. The minimum atomic E-state index is -0.197. The lowest BCUT2D eigenvalue weighted by Crippen LogP contribution is -2.31. The van der Waals surface area contributed by atoms with Crippen LogP contribution in [0, 0.1) is 0 Å². The van der Waals surface area contributed by atoms with Crippen molar-refractivity contribution < 1.29 is 9.53 Å². The predicted octanol–water partition coefficient (Wildman–Crippen LogP) is 2.14. The molecule has 0 aliphatic carbocycles. The van der Waals surface area contributed by atoms with Crippen LogP contribution in [0.25, 0.3) is 11.7 Å². The summed E-state index contributed by atoms with van der Waals surface area (Å²) < 4.78 is 7.04. The summed E-state index contributed by atoms with van der Waals surface area (Å²) in [7, 11) is 1.58. The second-order valence-corrected chi connectivity index (χ2v) is 8.28. The summed E-state index contributed by atoms with van der Waals surface area (Å²) >= 11 is 6.55. The van der Waals surface area contributed by atoms with Gasteiger partial charge in [0, 0.05) is 26.4 Å². The summed E-state index contributed by atoms with van der Waals surface area (Å²) in [6.07, 6.45) is 5.47. The molecule has 1 amide bonds. The highest BCUT2D eigenvalue weighted by Crippen LogP contribution is 2.33. The number of ether oxygens (including phenoxy) is 1. The van der Waals surface area contributed by atoms with Crippen molar-refractivity contribution in [3.63, 3.8) is 0 Å². The van der Waals surface area contributed by atoms with Gasteiger partial charge in [0.15, 0.2) is 0 Å². The number of carbonyl (C=O) groups excluding carboxylic acids is 1. The van der Waals surface area contributed by atoms with Crippen molar-refractivity contribution in [1.29, 1.82) is 0 Å². The first-order valence-corrected chi connectivity index (χ1v) is 10.3. The van der Waals surface area contributed by atoms with E-state index < -0.39 is 0 Å². The van der Waals surface area contributed by atoms with Gasteiger partial charge in [0.25, 0.3) is 11.5 Å². The summed E-state index contributed by atoms with van der Waals surface area (Å²) in [5, 5.41) is 0. The highest BCUT2D eigenvalue weighted by atomic mass is 32.2. The van der Waals surface area contributed by atoms with E-state index in [4.69, 9.17) is 21.9 Å². The minimum Gasteiger partial charge on any atom is -0.383 e. The van der Waals surface area contributed by atoms with Gasteiger partial charge in [0.2, 0.25) is 0 Å². The lowest BCUT2D eigenvalue weighted by molar-refractivity contribution is -0.122. The third-order valence-electron chi connectivity index (χ3n) is 4.82. The Labute approximate surface area is 172 Å². The Balaban J connectivity index is 1.81. The first-order valence-electron chi connectivity index (χ1n) is 9.11. The number of pyridine rings is 1. The van der Waals surface area contributed by atoms with Crippen molar-refractivity contribution in [1.82, 2.24) is 14.3 Å². The molecule has 0 unspecified atom stereocenters. The highest BCUT2D eigenvalue weighted by molar-refractivity contribution is 8.26. The van der Waals surface area contributed by atoms with Crippen LogP contribution in [0.15, 0.2) is 34.1 Å². The third kappa shape index (κ3) is 3.45. The smallest absolute Gasteiger partial charge is 0.267 e. The Morgan fingerprint density at radius 1 is 1.29 bits per heavy atom. The number of fused-ring (bicyclic) bond motifs is 1. The van der Waals surface area contributed by atoms with Gasteiger partial charge in [-0.05, 0) is 31.1 Å². The number of amides is 1. The molecule has 2 fully saturated rings. The maximum absolute atomic E-state index is 13.2. The molecule has 7 nitrogen and oxygen atoms in total. The number of nitrogens with zero attached hydrogens (tertiary/aromatic N) is 4. The first-order chi connectivity index (χ1) is 13.6. The second kappa shape index (κ2) is 8.02. The maximum atomic E-state index is 13.2. The van der Waals surface area contributed by atoms with Crippen molar-refractivity contribution in [2.75, 3.05) is 38.3 Å². The summed E-state index contributed by atoms with van der Waals surface area (Å²) in [5.74, 6) is 0.438. The molecule has 4 rings (SSSR count). The van der Waals surface area contributed by atoms with Crippen LogP contribution in [0.3, 0.4) is 0 Å². The van der Waals surface area contributed by atoms with Crippen LogP contribution in [0.2, 0.25) is 0 Å². The molecule has 0 radical (unpaired) electrons. The molecule has 146 valence electrons. The highest BCUT2D eigenvalue weighted by Gasteiger charge is 2.32. The molecule has 2 aliphatic heterocycles. The van der Waals surface area contributed by atoms with E-state index >= 15 is 0 Å². The van der Waals surface area contributed by atoms with Crippen LogP contribution >= 0.6 is 24.0 Å². The van der Waals surface area contributed by atoms with Gasteiger partial charge in [-0.1, -0.05) is 30.0 Å². The number of carbonyl (C=O) groups is 1. The fourth-order valence-corrected chi connectivity index (χ4v) is 4.68. The van der Waals surface area contributed by atoms with E-state index in [1.807, 2.05) is 12.1 Å². The Morgan fingerprint density at radius 3 is 2.82 bits per heavy atom. The molecule has 9 heteroatoms. The standard InChI is InChI=1S/C19H20N4O3S2/c1-26-11-10-23-18(25)14(28-19(23)27)12-13-16(21-7-4-5-8-21)20-15-6-2-3-9-22(15)17(13)24/h2-3,6,9,12H,4-5,7-8,10-11H2,1H3/b14-12+. The van der Waals surface area contributed by atoms with Crippen molar-refractivity contribution in [3.8, 4) is 0 Å². The molecule has 2 saturated heterocycles. The number of anilines is 1. The molecule has 0 N–H and O–H groups in total. The van der Waals surface area contributed by atoms with Crippen molar-refractivity contribution in [2.24, 2.45) is 0 Å². The Morgan fingerprint density at radius 2 is 2.07 bits per heavy atom. The molecule has 0 atom stereocenters. The fourth-order valence-electron chi connectivity index (χ4n) is 3.39. The van der Waals surface area contributed by atoms with E-state index in [0.29, 0.717) is 39.4 Å². The Bertz CT molecular complexity index is 1030. The van der Waals surface area contributed by atoms with E-state index in [2.05, 4.69) is 4.90 Å². The van der Waals surface area contributed by atoms with Gasteiger partial charge in [-0.25, -0.2) is 4.98 Å². The first kappa shape index (κ1) is 19.1. The molecular weight excluding hydrogens is 396 g/mol. The summed E-state index contributed by atoms with van der Waals surface area (Å²) in [5.41, 5.74) is 0.840. The minimum absolute atomic E-state index is 0.186. The van der Waals surface area contributed by atoms with Crippen LogP contribution in [0.4, 0.5) is 5.82 Å². The van der Waals surface area contributed by atoms with Gasteiger partial charge >= 0.3 is 0 Å². The lowest BCUT2D eigenvalue weighted by Gasteiger charge is -2.19. The normalized spacial score (nSPS) is 18.8. The Hall–Kier alpha value is -2.23. The lowest BCUT2D eigenvalue weighted by atomic mass is 10.2. The zero-order chi connectivity index (χ0) is 19.7. The van der Waals surface area contributed by atoms with Gasteiger partial charge in [-0.3, -0.25) is 18.9 Å². The van der Waals surface area contributed by atoms with E-state index in [0.717, 1.165) is 25.9 Å². The summed E-state index contributed by atoms with van der Waals surface area (Å²) in [4.78, 5) is 34.8. The molecule has 2 aliphatic rings. The third-order valence-corrected chi connectivity index (χ3v) is 6.20. The van der Waals surface area contributed by atoms with Gasteiger partial charge < -0.3 is 9.64 Å². The van der Waals surface area contributed by atoms with Gasteiger partial charge in [-0.15, -0.1) is 0 Å². The van der Waals surface area contributed by atoms with Crippen LogP contribution in [-0.2, 0) is 9.53 Å². The van der Waals surface area contributed by atoms with E-state index in [9.17, 15) is 9.59 Å². The SMILES string of the molecule is COCCN1C(=O)/C(=C\c2c(N3CCCC3)nc3ccccn3c2=O)SC1=S. The zero-order valence-electron chi connectivity index (χ0n) is 15.5. The second-order valence-electron chi connectivity index (χ2n) is 6.60. The van der Waals surface area contributed by atoms with Crippen LogP contribution < -0.4 is 10.5 Å². The molecule has 2 aromatic heterocycles. The van der Waals surface area contributed by atoms with Crippen LogP contribution in [0.5, 0.6) is 0 Å². The van der Waals surface area contributed by atoms with Crippen LogP contribution in [0.1, 0.15) is 18.4 Å². The number of aromatic nitrogens is 2. The quantitative estimate of drug-likeness (QED) is 0.546. The molecule has 2 aromatic rings. The van der Waals surface area contributed by atoms with Gasteiger partial charge in [0.1, 0.15) is 15.8 Å². The van der Waals surface area contributed by atoms with Crippen LogP contribution in [-0.4, -0.2) is 57.9 Å². The fraction of sp³-hybridized carbons (Fsp3) is 0.368.